The first kappa shape index (κ1) is 70.9. The van der Waals surface area contributed by atoms with Crippen molar-refractivity contribution in [2.75, 3.05) is 175 Å². The van der Waals surface area contributed by atoms with E-state index in [1.54, 1.807) is 0 Å². The van der Waals surface area contributed by atoms with Gasteiger partial charge in [0, 0.05) is 19.6 Å². The van der Waals surface area contributed by atoms with Gasteiger partial charge in [0.15, 0.2) is 0 Å². The fourth-order valence-corrected chi connectivity index (χ4v) is 34.0. The van der Waals surface area contributed by atoms with Gasteiger partial charge >= 0.3 is 7.87 Å². The van der Waals surface area contributed by atoms with Gasteiger partial charge in [-0.15, -0.1) is 0 Å². The van der Waals surface area contributed by atoms with Crippen molar-refractivity contribution in [3.05, 3.63) is 0 Å². The van der Waals surface area contributed by atoms with E-state index in [0.717, 1.165) is 46.0 Å². The minimum absolute atomic E-state index is 0.750. The van der Waals surface area contributed by atoms with Crippen molar-refractivity contribution in [3.8, 4) is 0 Å². The molecule has 0 fully saturated rings. The molecule has 0 N–H and O–H groups in total. The van der Waals surface area contributed by atoms with Crippen LogP contribution in [-0.2, 0) is 0 Å². The van der Waals surface area contributed by atoms with Gasteiger partial charge in [-0.2, -0.15) is 7.11 Å². The predicted octanol–water partition coefficient (Wildman–Crippen LogP) is 12.4. The summed E-state index contributed by atoms with van der Waals surface area (Å²) in [6, 6.07) is 0. The van der Waals surface area contributed by atoms with E-state index in [9.17, 15) is 0 Å². The molecule has 68 heavy (non-hydrogen) atoms. The Balaban J connectivity index is 0. The van der Waals surface area contributed by atoms with Crippen LogP contribution in [-0.4, -0.2) is 231 Å². The summed E-state index contributed by atoms with van der Waals surface area (Å²) >= 11 is 0. The van der Waals surface area contributed by atoms with E-state index >= 15 is 0 Å². The third kappa shape index (κ3) is 19.8. The summed E-state index contributed by atoms with van der Waals surface area (Å²) in [6.45, 7) is 9.78. The standard InChI is InChI=1S/C45H114N16P5.CH3O/c1-25-28-31-34-37-40-43-59(22)66(60(23)44-41-38-35-32-29-26-2,61(24)45-42-39-36-33-30-27-3)49-62(46-63(50(4)5,51(6)7)52(8)9,47-64(53(10)11,54(12)13)55(14)15)48-65(56(16)17,57(18)19)58(20)21;1-2/h25-45H2,1-24H3;1H3/q+1;-1. The second-order valence-electron chi connectivity index (χ2n) is 20.1. The van der Waals surface area contributed by atoms with E-state index in [1.807, 2.05) is 0 Å². The molecule has 0 radical (unpaired) electrons. The molecule has 17 nitrogen and oxygen atoms in total. The summed E-state index contributed by atoms with van der Waals surface area (Å²) in [7, 11) is 32.8. The van der Waals surface area contributed by atoms with Gasteiger partial charge in [0.25, 0.3) is 0 Å². The maximum atomic E-state index is 8.25. The van der Waals surface area contributed by atoms with E-state index in [-0.39, 0.29) is 0 Å². The van der Waals surface area contributed by atoms with E-state index in [1.165, 1.54) is 96.3 Å². The molecule has 0 aromatic heterocycles. The fourth-order valence-electron chi connectivity index (χ4n) is 9.44. The van der Waals surface area contributed by atoms with Crippen molar-refractivity contribution in [2.45, 2.75) is 136 Å². The Labute approximate surface area is 426 Å². The SMILES string of the molecule is CCCCCCCCN(C)P(=N[P+](N=P(N(C)C)(N(C)C)N(C)C)(N=P(N(C)C)(N(C)C)N(C)C)N=P(N(C)C)(N(C)C)N(C)C)(N(C)CCCCCCCC)N(C)CCCCCCCC.C[O-]. The number of nitrogens with zero attached hydrogens (tertiary/aromatic N) is 16. The molecule has 0 spiro atoms. The lowest BCUT2D eigenvalue weighted by Crippen LogP contribution is -2.38. The van der Waals surface area contributed by atoms with Crippen LogP contribution in [0.1, 0.15) is 136 Å². The molecule has 0 bridgehead atoms. The normalized spacial score (nSPS) is 13.6. The topological polar surface area (TPSA) is 111 Å². The van der Waals surface area contributed by atoms with Gasteiger partial charge in [-0.3, -0.25) is 0 Å². The maximum Gasteiger partial charge on any atom is 0.502 e. The van der Waals surface area contributed by atoms with Crippen molar-refractivity contribution in [1.82, 2.24) is 56.0 Å². The smallest absolute Gasteiger partial charge is 0.502 e. The molecule has 0 amide bonds. The summed E-state index contributed by atoms with van der Waals surface area (Å²) in [6.07, 6.45) is 22.4. The molecule has 22 heteroatoms. The van der Waals surface area contributed by atoms with Gasteiger partial charge in [0.2, 0.25) is 30.0 Å². The minimum Gasteiger partial charge on any atom is -0.857 e. The molecule has 0 aromatic rings. The highest BCUT2D eigenvalue weighted by atomic mass is 31.3. The van der Waals surface area contributed by atoms with E-state index < -0.39 is 37.9 Å². The Bertz CT molecular complexity index is 1290. The predicted molar refractivity (Wildman–Crippen MR) is 311 cm³/mol. The first-order chi connectivity index (χ1) is 31.8. The van der Waals surface area contributed by atoms with E-state index in [2.05, 4.69) is 225 Å². The first-order valence-electron chi connectivity index (χ1n) is 25.9. The monoisotopic (exact) mass is 1060 g/mol. The van der Waals surface area contributed by atoms with Crippen LogP contribution in [0.15, 0.2) is 18.1 Å². The second kappa shape index (κ2) is 35.9. The lowest BCUT2D eigenvalue weighted by Gasteiger charge is -2.46. The van der Waals surface area contributed by atoms with Crippen LogP contribution >= 0.6 is 37.9 Å². The van der Waals surface area contributed by atoms with Gasteiger partial charge in [-0.05, 0) is 185 Å². The second-order valence-corrected chi connectivity index (χ2v) is 37.6. The van der Waals surface area contributed by atoms with Crippen LogP contribution in [0.5, 0.6) is 0 Å². The van der Waals surface area contributed by atoms with Crippen LogP contribution in [0.2, 0.25) is 0 Å². The van der Waals surface area contributed by atoms with Crippen molar-refractivity contribution < 1.29 is 5.11 Å². The zero-order chi connectivity index (χ0) is 53.1. The number of unbranched alkanes of at least 4 members (excludes halogenated alkanes) is 15. The lowest BCUT2D eigenvalue weighted by molar-refractivity contribution is -0.325. The molecule has 0 unspecified atom stereocenters. The van der Waals surface area contributed by atoms with Crippen LogP contribution in [0.25, 0.3) is 0 Å². The third-order valence-corrected chi connectivity index (χ3v) is 33.4. The quantitative estimate of drug-likeness (QED) is 0.0435. The Morgan fingerprint density at radius 1 is 0.265 bits per heavy atom. The number of hydrogen-bond acceptors (Lipinski definition) is 5. The Hall–Kier alpha value is 0.830. The summed E-state index contributed by atoms with van der Waals surface area (Å²) < 4.78 is 55.3. The summed E-state index contributed by atoms with van der Waals surface area (Å²) in [5.74, 6) is 0. The molecule has 0 atom stereocenters. The van der Waals surface area contributed by atoms with Gasteiger partial charge in [-0.25, -0.2) is 56.0 Å². The van der Waals surface area contributed by atoms with Crippen molar-refractivity contribution in [2.24, 2.45) is 18.1 Å². The van der Waals surface area contributed by atoms with Crippen molar-refractivity contribution >= 4 is 37.9 Å². The largest absolute Gasteiger partial charge is 0.857 e. The first-order valence-corrected chi connectivity index (χ1v) is 33.9. The Kier molecular flexibility index (Phi) is 37.5. The van der Waals surface area contributed by atoms with Crippen LogP contribution in [0.4, 0.5) is 0 Å². The molecule has 0 saturated carbocycles. The van der Waals surface area contributed by atoms with Crippen molar-refractivity contribution in [1.29, 1.82) is 0 Å². The highest BCUT2D eigenvalue weighted by Crippen LogP contribution is 2.86. The summed E-state index contributed by atoms with van der Waals surface area (Å²) in [5.41, 5.74) is 0. The molecular formula is C46H117N16OP5. The van der Waals surface area contributed by atoms with Crippen LogP contribution in [0, 0.1) is 0 Å². The Morgan fingerprint density at radius 3 is 0.603 bits per heavy atom. The molecule has 412 valence electrons. The molecule has 0 aliphatic heterocycles. The molecule has 0 aliphatic rings. The van der Waals surface area contributed by atoms with E-state index in [0.29, 0.717) is 0 Å². The van der Waals surface area contributed by atoms with Gasteiger partial charge in [0.05, 0.1) is 0 Å². The van der Waals surface area contributed by atoms with Crippen LogP contribution < -0.4 is 5.11 Å². The highest BCUT2D eigenvalue weighted by Gasteiger charge is 2.57. The average molecular weight is 1070 g/mol. The van der Waals surface area contributed by atoms with E-state index in [4.69, 9.17) is 23.2 Å². The maximum absolute atomic E-state index is 8.25. The van der Waals surface area contributed by atoms with Gasteiger partial charge < -0.3 is 5.11 Å². The lowest BCUT2D eigenvalue weighted by atomic mass is 10.1. The summed E-state index contributed by atoms with van der Waals surface area (Å²) in [5, 5.41) is 8.25. The molecule has 0 aromatic carbocycles. The third-order valence-electron chi connectivity index (χ3n) is 12.7. The van der Waals surface area contributed by atoms with Gasteiger partial charge in [-0.1, -0.05) is 117 Å². The zero-order valence-corrected chi connectivity index (χ0v) is 54.1. The number of hydrogen-bond donors (Lipinski definition) is 0. The summed E-state index contributed by atoms with van der Waals surface area (Å²) in [4.78, 5) is 0. The molecule has 0 rings (SSSR count). The fraction of sp³-hybridized carbons (Fsp3) is 1.00. The van der Waals surface area contributed by atoms with Gasteiger partial charge in [0.1, 0.15) is 0 Å². The molecule has 0 saturated heterocycles. The molecule has 0 heterocycles. The Morgan fingerprint density at radius 2 is 0.426 bits per heavy atom. The highest BCUT2D eigenvalue weighted by molar-refractivity contribution is 7.88. The van der Waals surface area contributed by atoms with Crippen LogP contribution in [0.3, 0.4) is 0 Å². The molecule has 0 aliphatic carbocycles. The van der Waals surface area contributed by atoms with Crippen molar-refractivity contribution in [3.63, 3.8) is 0 Å². The zero-order valence-electron chi connectivity index (χ0n) is 49.6. The average Bonchev–Trinajstić information content (AvgIpc) is 3.25. The number of rotatable bonds is 37. The minimum atomic E-state index is -3.59. The molecular weight excluding hydrogens is 947 g/mol.